The molecule has 0 saturated carbocycles. The minimum Gasteiger partial charge on any atom is -0.465 e. The highest BCUT2D eigenvalue weighted by Gasteiger charge is 2.15. The molecule has 0 fully saturated rings. The van der Waals surface area contributed by atoms with Crippen molar-refractivity contribution in [3.63, 3.8) is 0 Å². The van der Waals surface area contributed by atoms with Gasteiger partial charge in [-0.25, -0.2) is 0 Å². The second-order valence-corrected chi connectivity index (χ2v) is 4.00. The lowest BCUT2D eigenvalue weighted by Gasteiger charge is -2.12. The average Bonchev–Trinajstić information content (AvgIpc) is 2.43. The fourth-order valence-electron chi connectivity index (χ4n) is 1.39. The third kappa shape index (κ3) is 6.01. The minimum absolute atomic E-state index is 0.00452. The van der Waals surface area contributed by atoms with Crippen LogP contribution in [-0.4, -0.2) is 31.1 Å². The monoisotopic (exact) mass is 265 g/mol. The number of rotatable bonds is 7. The number of hydrogen-bond acceptors (Lipinski definition) is 5. The molecule has 1 N–H and O–H groups in total. The Labute approximate surface area is 112 Å². The van der Waals surface area contributed by atoms with Crippen molar-refractivity contribution in [1.29, 1.82) is 0 Å². The maximum atomic E-state index is 11.6. The maximum Gasteiger partial charge on any atom is 0.323 e. The molecule has 1 aromatic rings. The maximum absolute atomic E-state index is 11.6. The quantitative estimate of drug-likeness (QED) is 0.752. The van der Waals surface area contributed by atoms with Crippen LogP contribution in [0.3, 0.4) is 0 Å². The van der Waals surface area contributed by atoms with E-state index in [1.807, 2.05) is 30.3 Å². The molecule has 0 aromatic heterocycles. The van der Waals surface area contributed by atoms with E-state index in [2.05, 4.69) is 5.32 Å². The van der Waals surface area contributed by atoms with Crippen molar-refractivity contribution < 1.29 is 19.1 Å². The van der Waals surface area contributed by atoms with Gasteiger partial charge in [0, 0.05) is 0 Å². The molecule has 0 bridgehead atoms. The molecule has 5 nitrogen and oxygen atoms in total. The van der Waals surface area contributed by atoms with Crippen LogP contribution in [0.5, 0.6) is 0 Å². The highest BCUT2D eigenvalue weighted by Crippen LogP contribution is 2.01. The van der Waals surface area contributed by atoms with Crippen LogP contribution in [0.2, 0.25) is 0 Å². The van der Waals surface area contributed by atoms with E-state index >= 15 is 0 Å². The number of carbonyl (C=O) groups is 2. The van der Waals surface area contributed by atoms with Gasteiger partial charge >= 0.3 is 11.9 Å². The van der Waals surface area contributed by atoms with Crippen LogP contribution in [0.1, 0.15) is 19.4 Å². The molecule has 0 spiro atoms. The molecule has 0 amide bonds. The minimum atomic E-state index is -0.548. The average molecular weight is 265 g/mol. The fourth-order valence-corrected chi connectivity index (χ4v) is 1.39. The summed E-state index contributed by atoms with van der Waals surface area (Å²) in [6.07, 6.45) is 0. The van der Waals surface area contributed by atoms with E-state index in [4.69, 9.17) is 9.47 Å². The molecular weight excluding hydrogens is 246 g/mol. The predicted octanol–water partition coefficient (Wildman–Crippen LogP) is 1.27. The van der Waals surface area contributed by atoms with Crippen LogP contribution in [-0.2, 0) is 25.7 Å². The van der Waals surface area contributed by atoms with Crippen molar-refractivity contribution in [3.05, 3.63) is 35.9 Å². The van der Waals surface area contributed by atoms with Gasteiger partial charge in [-0.05, 0) is 19.4 Å². The van der Waals surface area contributed by atoms with E-state index in [9.17, 15) is 9.59 Å². The largest absolute Gasteiger partial charge is 0.465 e. The zero-order chi connectivity index (χ0) is 14.1. The lowest BCUT2D eigenvalue weighted by atomic mass is 10.2. The fraction of sp³-hybridized carbons (Fsp3) is 0.429. The first-order chi connectivity index (χ1) is 9.13. The van der Waals surface area contributed by atoms with Crippen molar-refractivity contribution in [1.82, 2.24) is 5.32 Å². The highest BCUT2D eigenvalue weighted by atomic mass is 16.5. The summed E-state index contributed by atoms with van der Waals surface area (Å²) in [5, 5.41) is 2.75. The molecule has 1 unspecified atom stereocenters. The Morgan fingerprint density at radius 2 is 1.89 bits per heavy atom. The van der Waals surface area contributed by atoms with Gasteiger partial charge in [0.25, 0.3) is 0 Å². The van der Waals surface area contributed by atoms with Gasteiger partial charge in [0.05, 0.1) is 13.2 Å². The van der Waals surface area contributed by atoms with Gasteiger partial charge in [0.15, 0.2) is 0 Å². The van der Waals surface area contributed by atoms with E-state index < -0.39 is 12.0 Å². The molecule has 0 heterocycles. The SMILES string of the molecule is CCOC(=O)CNC(C)C(=O)OCc1ccccc1. The van der Waals surface area contributed by atoms with Crippen LogP contribution >= 0.6 is 0 Å². The summed E-state index contributed by atoms with van der Waals surface area (Å²) in [5.74, 6) is -0.779. The molecular formula is C14H19NO4. The van der Waals surface area contributed by atoms with Gasteiger partial charge in [-0.15, -0.1) is 0 Å². The van der Waals surface area contributed by atoms with E-state index in [-0.39, 0.29) is 19.1 Å². The Balaban J connectivity index is 2.27. The predicted molar refractivity (Wildman–Crippen MR) is 70.3 cm³/mol. The third-order valence-corrected chi connectivity index (χ3v) is 2.44. The molecule has 19 heavy (non-hydrogen) atoms. The van der Waals surface area contributed by atoms with Crippen LogP contribution in [0.4, 0.5) is 0 Å². The summed E-state index contributed by atoms with van der Waals surface area (Å²) in [7, 11) is 0. The summed E-state index contributed by atoms with van der Waals surface area (Å²) in [5.41, 5.74) is 0.924. The zero-order valence-corrected chi connectivity index (χ0v) is 11.2. The van der Waals surface area contributed by atoms with Crippen molar-refractivity contribution >= 4 is 11.9 Å². The third-order valence-electron chi connectivity index (χ3n) is 2.44. The summed E-state index contributed by atoms with van der Waals surface area (Å²) in [6.45, 7) is 3.93. The smallest absolute Gasteiger partial charge is 0.323 e. The number of benzene rings is 1. The van der Waals surface area contributed by atoms with Crippen LogP contribution in [0.15, 0.2) is 30.3 Å². The van der Waals surface area contributed by atoms with Crippen LogP contribution < -0.4 is 5.32 Å². The van der Waals surface area contributed by atoms with Gasteiger partial charge < -0.3 is 9.47 Å². The molecule has 0 saturated heterocycles. The lowest BCUT2D eigenvalue weighted by Crippen LogP contribution is -2.39. The van der Waals surface area contributed by atoms with Gasteiger partial charge in [-0.1, -0.05) is 30.3 Å². The molecule has 0 aliphatic rings. The van der Waals surface area contributed by atoms with Crippen molar-refractivity contribution in [3.8, 4) is 0 Å². The first-order valence-electron chi connectivity index (χ1n) is 6.23. The van der Waals surface area contributed by atoms with E-state index in [1.54, 1.807) is 13.8 Å². The Morgan fingerprint density at radius 3 is 2.53 bits per heavy atom. The second-order valence-electron chi connectivity index (χ2n) is 4.00. The number of esters is 2. The summed E-state index contributed by atoms with van der Waals surface area (Å²) >= 11 is 0. The topological polar surface area (TPSA) is 64.6 Å². The van der Waals surface area contributed by atoms with Crippen LogP contribution in [0.25, 0.3) is 0 Å². The standard InChI is InChI=1S/C14H19NO4/c1-3-18-13(16)9-15-11(2)14(17)19-10-12-7-5-4-6-8-12/h4-8,11,15H,3,9-10H2,1-2H3. The number of hydrogen-bond donors (Lipinski definition) is 1. The van der Waals surface area contributed by atoms with Gasteiger partial charge in [-0.3, -0.25) is 14.9 Å². The Hall–Kier alpha value is -1.88. The first kappa shape index (κ1) is 15.2. The van der Waals surface area contributed by atoms with E-state index in [0.29, 0.717) is 6.61 Å². The number of carbonyl (C=O) groups excluding carboxylic acids is 2. The molecule has 1 aromatic carbocycles. The molecule has 0 aliphatic heterocycles. The number of nitrogens with one attached hydrogen (secondary N) is 1. The lowest BCUT2D eigenvalue weighted by molar-refractivity contribution is -0.147. The van der Waals surface area contributed by atoms with Gasteiger partial charge in [-0.2, -0.15) is 0 Å². The Morgan fingerprint density at radius 1 is 1.21 bits per heavy atom. The van der Waals surface area contributed by atoms with Crippen molar-refractivity contribution in [2.24, 2.45) is 0 Å². The number of ether oxygens (including phenoxy) is 2. The summed E-state index contributed by atoms with van der Waals surface area (Å²) in [6, 6.07) is 8.87. The Kier molecular flexibility index (Phi) is 6.60. The Bertz CT molecular complexity index is 405. The molecule has 1 atom stereocenters. The van der Waals surface area contributed by atoms with E-state index in [0.717, 1.165) is 5.56 Å². The van der Waals surface area contributed by atoms with Gasteiger partial charge in [0.2, 0.25) is 0 Å². The second kappa shape index (κ2) is 8.26. The van der Waals surface area contributed by atoms with E-state index in [1.165, 1.54) is 0 Å². The zero-order valence-electron chi connectivity index (χ0n) is 11.2. The molecule has 0 radical (unpaired) electrons. The molecule has 1 rings (SSSR count). The first-order valence-corrected chi connectivity index (χ1v) is 6.23. The van der Waals surface area contributed by atoms with Crippen LogP contribution in [0, 0.1) is 0 Å². The summed E-state index contributed by atoms with van der Waals surface area (Å²) in [4.78, 5) is 22.8. The van der Waals surface area contributed by atoms with Gasteiger partial charge in [0.1, 0.15) is 12.6 Å². The normalized spacial score (nSPS) is 11.7. The highest BCUT2D eigenvalue weighted by molar-refractivity contribution is 5.77. The molecule has 0 aliphatic carbocycles. The van der Waals surface area contributed by atoms with Crippen molar-refractivity contribution in [2.45, 2.75) is 26.5 Å². The van der Waals surface area contributed by atoms with Crippen molar-refractivity contribution in [2.75, 3.05) is 13.2 Å². The molecule has 5 heteroatoms. The summed E-state index contributed by atoms with van der Waals surface area (Å²) < 4.78 is 9.88. The molecule has 104 valence electrons.